The average molecular weight is 195 g/mol. The van der Waals surface area contributed by atoms with E-state index in [1.807, 2.05) is 0 Å². The van der Waals surface area contributed by atoms with Crippen molar-refractivity contribution in [1.82, 2.24) is 4.90 Å². The van der Waals surface area contributed by atoms with Gasteiger partial charge in [0.2, 0.25) is 0 Å². The molecule has 1 aliphatic heterocycles. The van der Waals surface area contributed by atoms with Crippen LogP contribution in [0.1, 0.15) is 51.9 Å². The van der Waals surface area contributed by atoms with Crippen molar-refractivity contribution in [3.8, 4) is 0 Å². The summed E-state index contributed by atoms with van der Waals surface area (Å²) in [6, 6.07) is 0. The normalized spacial score (nSPS) is 35.9. The van der Waals surface area contributed by atoms with E-state index in [0.29, 0.717) is 5.78 Å². The summed E-state index contributed by atoms with van der Waals surface area (Å²) in [5, 5.41) is 0. The van der Waals surface area contributed by atoms with Crippen LogP contribution in [0.15, 0.2) is 0 Å². The summed E-state index contributed by atoms with van der Waals surface area (Å²) in [6.45, 7) is 4.45. The maximum absolute atomic E-state index is 12.0. The summed E-state index contributed by atoms with van der Waals surface area (Å²) in [5.74, 6) is 0.491. The molecule has 2 fully saturated rings. The number of carbonyl (C=O) groups excluding carboxylic acids is 1. The summed E-state index contributed by atoms with van der Waals surface area (Å²) in [4.78, 5) is 14.4. The minimum atomic E-state index is -0.0985. The Morgan fingerprint density at radius 1 is 1.07 bits per heavy atom. The molecule has 0 amide bonds. The summed E-state index contributed by atoms with van der Waals surface area (Å²) < 4.78 is 0. The Labute approximate surface area is 86.7 Å². The van der Waals surface area contributed by atoms with Crippen molar-refractivity contribution in [2.45, 2.75) is 57.4 Å². The minimum absolute atomic E-state index is 0.0985. The fraction of sp³-hybridized carbons (Fsp3) is 0.917. The molecule has 0 aromatic rings. The number of ketones is 1. The molecule has 80 valence electrons. The highest BCUT2D eigenvalue weighted by atomic mass is 16.1. The van der Waals surface area contributed by atoms with Crippen LogP contribution >= 0.6 is 0 Å². The Bertz CT molecular complexity index is 220. The van der Waals surface area contributed by atoms with E-state index in [1.54, 1.807) is 0 Å². The lowest BCUT2D eigenvalue weighted by atomic mass is 9.80. The summed E-state index contributed by atoms with van der Waals surface area (Å²) >= 11 is 0. The van der Waals surface area contributed by atoms with Crippen LogP contribution in [0.2, 0.25) is 0 Å². The molecule has 14 heavy (non-hydrogen) atoms. The molecule has 1 heterocycles. The fourth-order valence-corrected chi connectivity index (χ4v) is 2.89. The van der Waals surface area contributed by atoms with Crippen molar-refractivity contribution in [2.24, 2.45) is 0 Å². The molecule has 1 atom stereocenters. The zero-order valence-electron chi connectivity index (χ0n) is 9.22. The van der Waals surface area contributed by atoms with Crippen LogP contribution in [-0.4, -0.2) is 29.3 Å². The molecule has 2 aliphatic rings. The second-order valence-corrected chi connectivity index (χ2v) is 4.95. The first-order valence-corrected chi connectivity index (χ1v) is 6.02. The van der Waals surface area contributed by atoms with Crippen molar-refractivity contribution in [3.05, 3.63) is 0 Å². The van der Waals surface area contributed by atoms with Crippen molar-refractivity contribution in [2.75, 3.05) is 13.1 Å². The maximum atomic E-state index is 12.0. The zero-order chi connectivity index (χ0) is 10.0. The first-order chi connectivity index (χ1) is 6.73. The fourth-order valence-electron chi connectivity index (χ4n) is 2.89. The molecule has 0 N–H and O–H groups in total. The first kappa shape index (κ1) is 10.2. The average Bonchev–Trinajstić information content (AvgIpc) is 2.24. The van der Waals surface area contributed by atoms with Crippen molar-refractivity contribution >= 4 is 5.78 Å². The lowest BCUT2D eigenvalue weighted by Crippen LogP contribution is -2.55. The summed E-state index contributed by atoms with van der Waals surface area (Å²) in [5.41, 5.74) is -0.0985. The summed E-state index contributed by atoms with van der Waals surface area (Å²) in [6.07, 6.45) is 8.16. The van der Waals surface area contributed by atoms with Crippen LogP contribution in [0.3, 0.4) is 0 Å². The maximum Gasteiger partial charge on any atom is 0.152 e. The molecule has 0 radical (unpaired) electrons. The Morgan fingerprint density at radius 3 is 2.43 bits per heavy atom. The molecule has 2 heteroatoms. The van der Waals surface area contributed by atoms with Crippen LogP contribution in [0.4, 0.5) is 0 Å². The largest absolute Gasteiger partial charge is 0.298 e. The molecule has 1 unspecified atom stereocenters. The molecule has 2 nitrogen and oxygen atoms in total. The second kappa shape index (κ2) is 4.01. The third-order valence-corrected chi connectivity index (χ3v) is 3.97. The molecule has 0 aromatic heterocycles. The van der Waals surface area contributed by atoms with E-state index in [1.165, 1.54) is 25.7 Å². The predicted octanol–water partition coefficient (Wildman–Crippen LogP) is 2.37. The Morgan fingerprint density at radius 2 is 1.79 bits per heavy atom. The Balaban J connectivity index is 2.07. The van der Waals surface area contributed by atoms with Gasteiger partial charge >= 0.3 is 0 Å². The van der Waals surface area contributed by atoms with Crippen LogP contribution in [0, 0.1) is 0 Å². The number of likely N-dealkylation sites (tertiary alicyclic amines) is 1. The molecule has 1 saturated heterocycles. The van der Waals surface area contributed by atoms with E-state index >= 15 is 0 Å². The van der Waals surface area contributed by atoms with E-state index in [0.717, 1.165) is 32.4 Å². The smallest absolute Gasteiger partial charge is 0.152 e. The number of Topliss-reactive ketones (excluding diaryl/α,β-unsaturated/α-hetero) is 1. The number of rotatable bonds is 1. The van der Waals surface area contributed by atoms with Gasteiger partial charge in [-0.15, -0.1) is 0 Å². The molecule has 0 bridgehead atoms. The third kappa shape index (κ3) is 1.72. The standard InChI is InChI=1S/C12H21NO/c1-12(8-4-3-7-11(12)14)13-9-5-2-6-10-13/h2-10H2,1H3. The number of hydrogen-bond acceptors (Lipinski definition) is 2. The van der Waals surface area contributed by atoms with Gasteiger partial charge in [-0.1, -0.05) is 12.8 Å². The SMILES string of the molecule is CC1(N2CCCCC2)CCCCC1=O. The van der Waals surface area contributed by atoms with Gasteiger partial charge in [0, 0.05) is 6.42 Å². The predicted molar refractivity (Wildman–Crippen MR) is 57.3 cm³/mol. The topological polar surface area (TPSA) is 20.3 Å². The van der Waals surface area contributed by atoms with E-state index < -0.39 is 0 Å². The highest BCUT2D eigenvalue weighted by Crippen LogP contribution is 2.32. The Kier molecular flexibility index (Phi) is 2.91. The van der Waals surface area contributed by atoms with Crippen molar-refractivity contribution in [3.63, 3.8) is 0 Å². The van der Waals surface area contributed by atoms with Gasteiger partial charge in [-0.05, 0) is 45.7 Å². The molecular formula is C12H21NO. The lowest BCUT2D eigenvalue weighted by molar-refractivity contribution is -0.133. The number of carbonyl (C=O) groups is 1. The molecule has 0 spiro atoms. The van der Waals surface area contributed by atoms with E-state index in [-0.39, 0.29) is 5.54 Å². The van der Waals surface area contributed by atoms with Gasteiger partial charge in [0.05, 0.1) is 5.54 Å². The van der Waals surface area contributed by atoms with Gasteiger partial charge in [0.1, 0.15) is 0 Å². The van der Waals surface area contributed by atoms with Crippen LogP contribution < -0.4 is 0 Å². The highest BCUT2D eigenvalue weighted by molar-refractivity contribution is 5.88. The second-order valence-electron chi connectivity index (χ2n) is 4.95. The lowest BCUT2D eigenvalue weighted by Gasteiger charge is -2.44. The monoisotopic (exact) mass is 195 g/mol. The van der Waals surface area contributed by atoms with E-state index in [4.69, 9.17) is 0 Å². The van der Waals surface area contributed by atoms with Crippen LogP contribution in [0.25, 0.3) is 0 Å². The zero-order valence-corrected chi connectivity index (χ0v) is 9.22. The van der Waals surface area contributed by atoms with Gasteiger partial charge in [0.15, 0.2) is 5.78 Å². The molecular weight excluding hydrogens is 174 g/mol. The van der Waals surface area contributed by atoms with Crippen molar-refractivity contribution < 1.29 is 4.79 Å². The quantitative estimate of drug-likeness (QED) is 0.640. The third-order valence-electron chi connectivity index (χ3n) is 3.97. The van der Waals surface area contributed by atoms with Crippen LogP contribution in [0.5, 0.6) is 0 Å². The highest BCUT2D eigenvalue weighted by Gasteiger charge is 2.40. The van der Waals surface area contributed by atoms with Crippen LogP contribution in [-0.2, 0) is 4.79 Å². The van der Waals surface area contributed by atoms with Gasteiger partial charge in [-0.2, -0.15) is 0 Å². The van der Waals surface area contributed by atoms with Gasteiger partial charge < -0.3 is 0 Å². The van der Waals surface area contributed by atoms with Gasteiger partial charge in [0.25, 0.3) is 0 Å². The number of hydrogen-bond donors (Lipinski definition) is 0. The number of piperidine rings is 1. The van der Waals surface area contributed by atoms with Gasteiger partial charge in [-0.25, -0.2) is 0 Å². The number of nitrogens with zero attached hydrogens (tertiary/aromatic N) is 1. The van der Waals surface area contributed by atoms with E-state index in [9.17, 15) is 4.79 Å². The Hall–Kier alpha value is -0.370. The van der Waals surface area contributed by atoms with Crippen molar-refractivity contribution in [1.29, 1.82) is 0 Å². The first-order valence-electron chi connectivity index (χ1n) is 6.02. The van der Waals surface area contributed by atoms with E-state index in [2.05, 4.69) is 11.8 Å². The van der Waals surface area contributed by atoms with Gasteiger partial charge in [-0.3, -0.25) is 9.69 Å². The minimum Gasteiger partial charge on any atom is -0.298 e. The molecule has 1 aliphatic carbocycles. The molecule has 2 rings (SSSR count). The molecule has 0 aromatic carbocycles. The summed E-state index contributed by atoms with van der Waals surface area (Å²) in [7, 11) is 0. The molecule has 1 saturated carbocycles.